The Bertz CT molecular complexity index is 2980. The van der Waals surface area contributed by atoms with Crippen molar-refractivity contribution in [3.8, 4) is 33.8 Å². The maximum atomic E-state index is 11.2. The summed E-state index contributed by atoms with van der Waals surface area (Å²) in [6.45, 7) is 19.5. The fourth-order valence-electron chi connectivity index (χ4n) is 9.73. The third-order valence-corrected chi connectivity index (χ3v) is 14.5. The molecule has 0 N–H and O–H groups in total. The number of nitrogens with zero attached hydrogens (tertiary/aromatic N) is 2. The Morgan fingerprint density at radius 3 is 1.15 bits per heavy atom. The van der Waals surface area contributed by atoms with Crippen LogP contribution in [0.15, 0.2) is 194 Å². The first-order valence-electron chi connectivity index (χ1n) is 28.4. The predicted octanol–water partition coefficient (Wildman–Crippen LogP) is 20.4. The quantitative estimate of drug-likeness (QED) is 0.0504. The van der Waals surface area contributed by atoms with Gasteiger partial charge >= 0.3 is 0 Å². The van der Waals surface area contributed by atoms with E-state index in [4.69, 9.17) is 9.47 Å². The van der Waals surface area contributed by atoms with Crippen molar-refractivity contribution >= 4 is 46.7 Å². The molecule has 0 bridgehead atoms. The number of ether oxygens (including phenoxy) is 2. The molecule has 8 rings (SSSR count). The zero-order chi connectivity index (χ0) is 55.2. The fraction of sp³-hybridized carbons (Fsp3) is 0.306. The molecule has 8 aromatic carbocycles. The van der Waals surface area contributed by atoms with Gasteiger partial charge in [-0.2, -0.15) is 0 Å². The van der Waals surface area contributed by atoms with Crippen molar-refractivity contribution in [2.75, 3.05) is 23.0 Å². The molecule has 404 valence electrons. The number of hydrogen-bond donors (Lipinski definition) is 0. The van der Waals surface area contributed by atoms with Crippen molar-refractivity contribution in [2.24, 2.45) is 23.7 Å². The third-order valence-electron chi connectivity index (χ3n) is 14.5. The molecule has 0 amide bonds. The normalized spacial score (nSPS) is 11.8. The molecule has 0 aliphatic rings. The predicted molar refractivity (Wildman–Crippen MR) is 329 cm³/mol. The number of hydrogen-bond acceptors (Lipinski definition) is 6. The van der Waals surface area contributed by atoms with Gasteiger partial charge in [-0.15, -0.1) is 0 Å². The minimum absolute atomic E-state index is 0.653. The molecule has 6 heteroatoms. The highest BCUT2D eigenvalue weighted by molar-refractivity contribution is 5.83. The van der Waals surface area contributed by atoms with Crippen LogP contribution in [0.2, 0.25) is 0 Å². The fourth-order valence-corrected chi connectivity index (χ4v) is 9.73. The van der Waals surface area contributed by atoms with Gasteiger partial charge in [0.15, 0.2) is 0 Å². The maximum Gasteiger partial charge on any atom is 0.150 e. The van der Waals surface area contributed by atoms with E-state index in [1.165, 1.54) is 44.1 Å². The minimum atomic E-state index is 0.653. The summed E-state index contributed by atoms with van der Waals surface area (Å²) in [5, 5.41) is 0. The molecule has 2 atom stereocenters. The monoisotopic (exact) mass is 1040 g/mol. The zero-order valence-corrected chi connectivity index (χ0v) is 47.5. The molecule has 0 aromatic heterocycles. The van der Waals surface area contributed by atoms with Crippen LogP contribution in [0.5, 0.6) is 11.5 Å². The molecule has 0 aliphatic heterocycles. The SMILES string of the molecule is Cc1cc(OCCC(C)CCCC(C)C)c(-c2ccc(C=O)cc2)cc1OCCC(C)CCCC(C)C.Cc1ccc(N(c2ccc(-c3ccc(C=O)cc3)cc2)c2ccc(N(c3ccccc3)c3ccccc3)cc2)cc1. The van der Waals surface area contributed by atoms with Gasteiger partial charge in [-0.1, -0.05) is 195 Å². The van der Waals surface area contributed by atoms with Crippen LogP contribution in [0.4, 0.5) is 34.1 Å². The van der Waals surface area contributed by atoms with Crippen LogP contribution in [-0.2, 0) is 0 Å². The van der Waals surface area contributed by atoms with Crippen molar-refractivity contribution in [2.45, 2.75) is 107 Å². The molecule has 78 heavy (non-hydrogen) atoms. The lowest BCUT2D eigenvalue weighted by molar-refractivity contribution is 0.111. The van der Waals surface area contributed by atoms with E-state index in [-0.39, 0.29) is 0 Å². The highest BCUT2D eigenvalue weighted by Gasteiger charge is 2.18. The standard InChI is InChI=1S/C38H30N2O.C34H52O3/c1-29-12-20-35(21-13-29)40(36-22-18-32(19-23-36)31-16-14-30(28-41)15-17-31)38-26-24-37(25-27-38)39(33-8-4-2-5-9-33)34-10-6-3-7-11-34;1-25(2)10-8-12-27(5)18-20-36-33-23-32(31-16-14-30(24-35)15-17-31)34(22-29(33)7)37-21-19-28(6)13-9-11-26(3)4/h2-28H,1H3;14-17,22-28H,8-13,18-21H2,1-7H3. The minimum Gasteiger partial charge on any atom is -0.493 e. The number of aldehydes is 2. The highest BCUT2D eigenvalue weighted by atomic mass is 16.5. The third kappa shape index (κ3) is 17.2. The Kier molecular flexibility index (Phi) is 22.1. The molecule has 2 unspecified atom stereocenters. The zero-order valence-electron chi connectivity index (χ0n) is 47.5. The highest BCUT2D eigenvalue weighted by Crippen LogP contribution is 2.40. The number of carbonyl (C=O) groups excluding carboxylic acids is 2. The lowest BCUT2D eigenvalue weighted by Crippen LogP contribution is -2.12. The summed E-state index contributed by atoms with van der Waals surface area (Å²) < 4.78 is 12.7. The average molecular weight is 1040 g/mol. The van der Waals surface area contributed by atoms with Crippen LogP contribution >= 0.6 is 0 Å². The molecule has 0 fully saturated rings. The van der Waals surface area contributed by atoms with Gasteiger partial charge in [0.25, 0.3) is 0 Å². The van der Waals surface area contributed by atoms with Gasteiger partial charge in [-0.3, -0.25) is 9.59 Å². The summed E-state index contributed by atoms with van der Waals surface area (Å²) in [5.74, 6) is 4.67. The first-order chi connectivity index (χ1) is 37.9. The molecule has 8 aromatic rings. The van der Waals surface area contributed by atoms with E-state index < -0.39 is 0 Å². The van der Waals surface area contributed by atoms with Gasteiger partial charge in [-0.25, -0.2) is 0 Å². The van der Waals surface area contributed by atoms with Gasteiger partial charge < -0.3 is 19.3 Å². The lowest BCUT2D eigenvalue weighted by atomic mass is 9.97. The molecule has 0 saturated carbocycles. The number of benzene rings is 8. The molecular formula is C72H82N2O4. The van der Waals surface area contributed by atoms with E-state index in [0.29, 0.717) is 29.6 Å². The van der Waals surface area contributed by atoms with Gasteiger partial charge in [0.05, 0.1) is 13.2 Å². The van der Waals surface area contributed by atoms with Crippen LogP contribution in [0.25, 0.3) is 22.3 Å². The van der Waals surface area contributed by atoms with E-state index in [9.17, 15) is 9.59 Å². The Morgan fingerprint density at radius 1 is 0.385 bits per heavy atom. The Labute approximate surface area is 467 Å². The van der Waals surface area contributed by atoms with Gasteiger partial charge in [0, 0.05) is 50.8 Å². The van der Waals surface area contributed by atoms with Gasteiger partial charge in [-0.05, 0) is 158 Å². The first kappa shape index (κ1) is 58.0. The van der Waals surface area contributed by atoms with E-state index in [1.807, 2.05) is 60.7 Å². The first-order valence-corrected chi connectivity index (χ1v) is 28.4. The van der Waals surface area contributed by atoms with E-state index in [2.05, 4.69) is 199 Å². The van der Waals surface area contributed by atoms with E-state index in [0.717, 1.165) is 117 Å². The largest absolute Gasteiger partial charge is 0.493 e. The van der Waals surface area contributed by atoms with Crippen LogP contribution in [0.3, 0.4) is 0 Å². The number of para-hydroxylation sites is 2. The number of aryl methyl sites for hydroxylation is 2. The topological polar surface area (TPSA) is 59.1 Å². The Morgan fingerprint density at radius 2 is 0.744 bits per heavy atom. The van der Waals surface area contributed by atoms with Gasteiger partial charge in [0.2, 0.25) is 0 Å². The molecular weight excluding hydrogens is 957 g/mol. The summed E-state index contributed by atoms with van der Waals surface area (Å²) in [5.41, 5.74) is 14.5. The molecule has 0 heterocycles. The Balaban J connectivity index is 0.000000228. The lowest BCUT2D eigenvalue weighted by Gasteiger charge is -2.28. The van der Waals surface area contributed by atoms with Crippen LogP contribution in [0, 0.1) is 37.5 Å². The number of anilines is 6. The van der Waals surface area contributed by atoms with Crippen molar-refractivity contribution < 1.29 is 19.1 Å². The summed E-state index contributed by atoms with van der Waals surface area (Å²) in [4.78, 5) is 26.8. The molecule has 0 spiro atoms. The van der Waals surface area contributed by atoms with Crippen LogP contribution in [0.1, 0.15) is 125 Å². The number of carbonyl (C=O) groups is 2. The van der Waals surface area contributed by atoms with Gasteiger partial charge in [0.1, 0.15) is 24.1 Å². The van der Waals surface area contributed by atoms with Crippen LogP contribution in [-0.4, -0.2) is 25.8 Å². The van der Waals surface area contributed by atoms with Crippen LogP contribution < -0.4 is 19.3 Å². The smallest absolute Gasteiger partial charge is 0.150 e. The molecule has 0 radical (unpaired) electrons. The van der Waals surface area contributed by atoms with Crippen molar-refractivity contribution in [1.29, 1.82) is 0 Å². The van der Waals surface area contributed by atoms with E-state index in [1.54, 1.807) is 0 Å². The summed E-state index contributed by atoms with van der Waals surface area (Å²) >= 11 is 0. The molecule has 6 nitrogen and oxygen atoms in total. The number of rotatable bonds is 26. The molecule has 0 saturated heterocycles. The summed E-state index contributed by atoms with van der Waals surface area (Å²) in [6, 6.07) is 66.4. The summed E-state index contributed by atoms with van der Waals surface area (Å²) in [6.07, 6.45) is 11.6. The van der Waals surface area contributed by atoms with Crippen molar-refractivity contribution in [3.63, 3.8) is 0 Å². The van der Waals surface area contributed by atoms with Crippen molar-refractivity contribution in [1.82, 2.24) is 0 Å². The Hall–Kier alpha value is -7.70. The second-order valence-electron chi connectivity index (χ2n) is 22.0. The van der Waals surface area contributed by atoms with E-state index >= 15 is 0 Å². The molecule has 0 aliphatic carbocycles. The second-order valence-corrected chi connectivity index (χ2v) is 22.0. The second kappa shape index (κ2) is 29.7. The summed E-state index contributed by atoms with van der Waals surface area (Å²) in [7, 11) is 0. The maximum absolute atomic E-state index is 11.2. The van der Waals surface area contributed by atoms with Crippen molar-refractivity contribution in [3.05, 3.63) is 216 Å². The average Bonchev–Trinajstić information content (AvgIpc) is 3.48.